The number of aromatic nitrogens is 2. The second-order valence-electron chi connectivity index (χ2n) is 14.7. The minimum absolute atomic E-state index is 0.0453. The van der Waals surface area contributed by atoms with Crippen LogP contribution in [0.5, 0.6) is 5.88 Å². The van der Waals surface area contributed by atoms with Gasteiger partial charge in [0.05, 0.1) is 11.5 Å². The maximum atomic E-state index is 15.0. The van der Waals surface area contributed by atoms with Gasteiger partial charge in [0.25, 0.3) is 0 Å². The van der Waals surface area contributed by atoms with Gasteiger partial charge in [0.15, 0.2) is 9.84 Å². The van der Waals surface area contributed by atoms with Crippen molar-refractivity contribution in [2.24, 2.45) is 5.41 Å². The molecule has 1 spiro atoms. The lowest BCUT2D eigenvalue weighted by Crippen LogP contribution is -2.45. The highest BCUT2D eigenvalue weighted by Gasteiger charge is 2.51. The number of hydrogen-bond donors (Lipinski definition) is 1. The van der Waals surface area contributed by atoms with Gasteiger partial charge in [-0.2, -0.15) is 23.1 Å². The molecule has 1 aromatic heterocycles. The van der Waals surface area contributed by atoms with E-state index in [2.05, 4.69) is 9.97 Å². The Hall–Kier alpha value is -4.86. The maximum Gasteiger partial charge on any atom is 0.429 e. The van der Waals surface area contributed by atoms with Gasteiger partial charge >= 0.3 is 18.2 Å². The van der Waals surface area contributed by atoms with E-state index in [9.17, 15) is 18.0 Å². The number of benzene rings is 2. The average molecular weight is 774 g/mol. The summed E-state index contributed by atoms with van der Waals surface area (Å²) in [7, 11) is -3.65. The number of alkyl halides is 3. The van der Waals surface area contributed by atoms with Crippen molar-refractivity contribution in [3.63, 3.8) is 0 Å². The average Bonchev–Trinajstić information content (AvgIpc) is 3.45. The van der Waals surface area contributed by atoms with Crippen molar-refractivity contribution in [2.75, 3.05) is 43.1 Å². The van der Waals surface area contributed by atoms with Crippen molar-refractivity contribution in [1.29, 1.82) is 0 Å². The zero-order valence-electron chi connectivity index (χ0n) is 31.1. The fourth-order valence-corrected chi connectivity index (χ4v) is 7.59. The number of likely N-dealkylation sites (tertiary alicyclic amines) is 1. The molecule has 3 heterocycles. The molecule has 12 nitrogen and oxygen atoms in total. The van der Waals surface area contributed by atoms with E-state index in [1.165, 1.54) is 47.4 Å². The molecule has 3 aromatic rings. The molecule has 0 radical (unpaired) electrons. The molecule has 16 heteroatoms. The zero-order chi connectivity index (χ0) is 39.6. The number of esters is 1. The van der Waals surface area contributed by atoms with Gasteiger partial charge in [-0.1, -0.05) is 36.4 Å². The van der Waals surface area contributed by atoms with E-state index < -0.39 is 57.1 Å². The number of ether oxygens (including phenoxy) is 3. The Kier molecular flexibility index (Phi) is 11.6. The molecule has 5 rings (SSSR count). The summed E-state index contributed by atoms with van der Waals surface area (Å²) >= 11 is 0. The number of allylic oxidation sites excluding steroid dienone is 1. The van der Waals surface area contributed by atoms with Crippen molar-refractivity contribution in [3.8, 4) is 17.0 Å². The molecule has 1 amide bonds. The second-order valence-corrected chi connectivity index (χ2v) is 16.7. The van der Waals surface area contributed by atoms with Crippen LogP contribution in [0.4, 0.5) is 29.7 Å². The normalized spacial score (nSPS) is 18.2. The first-order valence-corrected chi connectivity index (χ1v) is 19.5. The van der Waals surface area contributed by atoms with Crippen molar-refractivity contribution in [2.45, 2.75) is 82.7 Å². The van der Waals surface area contributed by atoms with E-state index in [4.69, 9.17) is 19.9 Å². The van der Waals surface area contributed by atoms with Crippen LogP contribution in [0, 0.1) is 5.41 Å². The Morgan fingerprint density at radius 2 is 1.78 bits per heavy atom. The van der Waals surface area contributed by atoms with E-state index in [1.54, 1.807) is 52.8 Å². The van der Waals surface area contributed by atoms with Crippen LogP contribution in [0.3, 0.4) is 0 Å². The van der Waals surface area contributed by atoms with Gasteiger partial charge in [-0.3, -0.25) is 4.90 Å². The number of carbonyl (C=O) groups is 2. The van der Waals surface area contributed by atoms with Crippen LogP contribution in [0.1, 0.15) is 71.1 Å². The van der Waals surface area contributed by atoms with E-state index >= 15 is 13.2 Å². The number of halogens is 3. The SMILES string of the molecule is CC=Cc1ccc(-c2cccc(S(C)(=O)=O)c2)c([C@@H](Oc2cc(N3CCC4(CC3)CC(C(=O)OCC)N(C(=O)OC(C)(C)C)C4)nc(N)n2)C(F)(F)F)c1. The van der Waals surface area contributed by atoms with E-state index in [-0.39, 0.29) is 46.5 Å². The molecular weight excluding hydrogens is 728 g/mol. The first kappa shape index (κ1) is 40.3. The third-order valence-corrected chi connectivity index (χ3v) is 10.5. The zero-order valence-corrected chi connectivity index (χ0v) is 32.0. The highest BCUT2D eigenvalue weighted by Crippen LogP contribution is 2.46. The van der Waals surface area contributed by atoms with Crippen LogP contribution in [-0.4, -0.2) is 85.7 Å². The van der Waals surface area contributed by atoms with Crippen molar-refractivity contribution in [1.82, 2.24) is 14.9 Å². The Morgan fingerprint density at radius 3 is 2.39 bits per heavy atom. The van der Waals surface area contributed by atoms with Crippen LogP contribution >= 0.6 is 0 Å². The third-order valence-electron chi connectivity index (χ3n) is 9.38. The number of nitrogens with zero attached hydrogens (tertiary/aromatic N) is 4. The summed E-state index contributed by atoms with van der Waals surface area (Å²) in [6.07, 6.45) is -2.29. The molecule has 0 saturated carbocycles. The summed E-state index contributed by atoms with van der Waals surface area (Å²) < 4.78 is 86.3. The number of piperidine rings is 1. The predicted molar refractivity (Wildman–Crippen MR) is 197 cm³/mol. The van der Waals surface area contributed by atoms with Crippen LogP contribution in [0.15, 0.2) is 59.5 Å². The maximum absolute atomic E-state index is 15.0. The van der Waals surface area contributed by atoms with Gasteiger partial charge < -0.3 is 24.8 Å². The van der Waals surface area contributed by atoms with Crippen LogP contribution in [0.25, 0.3) is 17.2 Å². The Labute approximate surface area is 313 Å². The largest absolute Gasteiger partial charge is 0.464 e. The Bertz CT molecular complexity index is 2010. The lowest BCUT2D eigenvalue weighted by atomic mass is 9.76. The molecule has 2 aliphatic heterocycles. The van der Waals surface area contributed by atoms with E-state index in [0.29, 0.717) is 37.9 Å². The van der Waals surface area contributed by atoms with E-state index in [0.717, 1.165) is 6.26 Å². The number of nitrogen functional groups attached to an aromatic ring is 1. The highest BCUT2D eigenvalue weighted by atomic mass is 32.2. The van der Waals surface area contributed by atoms with Gasteiger partial charge in [0.1, 0.15) is 17.5 Å². The van der Waals surface area contributed by atoms with Crippen LogP contribution in [-0.2, 0) is 24.1 Å². The minimum atomic E-state index is -4.94. The van der Waals surface area contributed by atoms with Crippen LogP contribution < -0.4 is 15.4 Å². The molecule has 54 heavy (non-hydrogen) atoms. The van der Waals surface area contributed by atoms with Gasteiger partial charge in [-0.15, -0.1) is 0 Å². The van der Waals surface area contributed by atoms with Gasteiger partial charge in [0.2, 0.25) is 17.9 Å². The summed E-state index contributed by atoms with van der Waals surface area (Å²) in [4.78, 5) is 37.7. The summed E-state index contributed by atoms with van der Waals surface area (Å²) in [6.45, 7) is 9.88. The first-order chi connectivity index (χ1) is 25.2. The van der Waals surface area contributed by atoms with Crippen molar-refractivity contribution in [3.05, 3.63) is 65.7 Å². The number of sulfone groups is 1. The summed E-state index contributed by atoms with van der Waals surface area (Å²) in [5.74, 6) is -0.964. The minimum Gasteiger partial charge on any atom is -0.464 e. The molecule has 0 aliphatic carbocycles. The Morgan fingerprint density at radius 1 is 1.07 bits per heavy atom. The number of anilines is 2. The quantitative estimate of drug-likeness (QED) is 0.224. The highest BCUT2D eigenvalue weighted by molar-refractivity contribution is 7.90. The molecule has 2 atom stereocenters. The summed E-state index contributed by atoms with van der Waals surface area (Å²) in [6, 6.07) is 10.7. The second kappa shape index (κ2) is 15.5. The third kappa shape index (κ3) is 9.43. The number of nitrogens with two attached hydrogens (primary N) is 1. The number of carbonyl (C=O) groups excluding carboxylic acids is 2. The van der Waals surface area contributed by atoms with Gasteiger partial charge in [-0.25, -0.2) is 18.0 Å². The van der Waals surface area contributed by atoms with Crippen molar-refractivity contribution >= 4 is 39.7 Å². The van der Waals surface area contributed by atoms with Gasteiger partial charge in [0, 0.05) is 37.5 Å². The molecule has 1 unspecified atom stereocenters. The molecule has 2 saturated heterocycles. The number of rotatable bonds is 9. The fraction of sp³-hybridized carbons (Fsp3) is 0.474. The lowest BCUT2D eigenvalue weighted by Gasteiger charge is -2.39. The number of hydrogen-bond acceptors (Lipinski definition) is 11. The first-order valence-electron chi connectivity index (χ1n) is 17.6. The van der Waals surface area contributed by atoms with E-state index in [1.807, 2.05) is 4.90 Å². The molecule has 0 bridgehead atoms. The lowest BCUT2D eigenvalue weighted by molar-refractivity contribution is -0.198. The standard InChI is InChI=1S/C38H46F3N5O7S/c1-7-10-24-13-14-27(25-11-9-12-26(20-25)54(6,49)50)28(19-24)32(38(39,40)41)52-31-21-30(43-34(42)44-31)45-17-15-37(16-18-45)22-29(33(47)51-8-2)46(23-37)35(48)53-36(3,4)5/h7,9-14,19-21,29,32H,8,15-18,22-23H2,1-6H3,(H2,42,43,44)/t29?,32-/m1/s1. The smallest absolute Gasteiger partial charge is 0.429 e. The van der Waals surface area contributed by atoms with Gasteiger partial charge in [-0.05, 0) is 94.2 Å². The monoisotopic (exact) mass is 773 g/mol. The summed E-state index contributed by atoms with van der Waals surface area (Å²) in [5, 5.41) is 0. The topological polar surface area (TPSA) is 154 Å². The molecule has 292 valence electrons. The van der Waals surface area contributed by atoms with Crippen molar-refractivity contribution < 1.29 is 45.4 Å². The number of amides is 1. The molecule has 2 fully saturated rings. The fourth-order valence-electron chi connectivity index (χ4n) is 6.92. The molecular formula is C38H46F3N5O7S. The molecule has 2 N–H and O–H groups in total. The van der Waals surface area contributed by atoms with Crippen LogP contribution in [0.2, 0.25) is 0 Å². The predicted octanol–water partition coefficient (Wildman–Crippen LogP) is 7.00. The molecule has 2 aliphatic rings. The molecule has 2 aromatic carbocycles. The summed E-state index contributed by atoms with van der Waals surface area (Å²) in [5.41, 5.74) is 5.43. The Balaban J connectivity index is 1.43.